The minimum atomic E-state index is -4.09. The first-order valence-corrected chi connectivity index (χ1v) is 15.8. The molecular weight excluding hydrogens is 556 g/mol. The van der Waals surface area contributed by atoms with E-state index < -0.39 is 16.1 Å². The minimum Gasteiger partial charge on any atom is -0.368 e. The van der Waals surface area contributed by atoms with E-state index in [1.165, 1.54) is 4.68 Å². The van der Waals surface area contributed by atoms with Gasteiger partial charge in [-0.15, -0.1) is 9.35 Å². The summed E-state index contributed by atoms with van der Waals surface area (Å²) in [5, 5.41) is 8.17. The summed E-state index contributed by atoms with van der Waals surface area (Å²) in [6, 6.07) is 15.6. The van der Waals surface area contributed by atoms with Crippen LogP contribution in [0.3, 0.4) is 0 Å². The first-order valence-electron chi connectivity index (χ1n) is 13.9. The van der Waals surface area contributed by atoms with Crippen LogP contribution in [0, 0.1) is 12.8 Å². The molecule has 0 saturated carbocycles. The topological polar surface area (TPSA) is 117 Å². The summed E-state index contributed by atoms with van der Waals surface area (Å²) in [4.78, 5) is 29.9. The first kappa shape index (κ1) is 31.0. The van der Waals surface area contributed by atoms with E-state index in [0.717, 1.165) is 22.6 Å². The number of urea groups is 1. The van der Waals surface area contributed by atoms with Crippen molar-refractivity contribution in [3.63, 3.8) is 0 Å². The van der Waals surface area contributed by atoms with Crippen LogP contribution in [0.5, 0.6) is 0 Å². The maximum Gasteiger partial charge on any atom is 0.353 e. The highest BCUT2D eigenvalue weighted by atomic mass is 32.2. The van der Waals surface area contributed by atoms with E-state index in [2.05, 4.69) is 10.2 Å². The Balaban J connectivity index is 1.58. The molecule has 226 valence electrons. The Bertz CT molecular complexity index is 1520. The molecule has 3 aromatic rings. The molecular formula is C30H40N6O5S. The molecule has 3 amide bonds. The van der Waals surface area contributed by atoms with Crippen LogP contribution in [0.2, 0.25) is 0 Å². The Morgan fingerprint density at radius 3 is 2.05 bits per heavy atom. The van der Waals surface area contributed by atoms with Gasteiger partial charge in [-0.3, -0.25) is 4.79 Å². The van der Waals surface area contributed by atoms with Crippen LogP contribution >= 0.6 is 0 Å². The minimum absolute atomic E-state index is 0.0266. The Morgan fingerprint density at radius 1 is 0.952 bits per heavy atom. The molecule has 12 heteroatoms. The fourth-order valence-electron chi connectivity index (χ4n) is 4.55. The van der Waals surface area contributed by atoms with Gasteiger partial charge >= 0.3 is 6.03 Å². The number of hydroxylamine groups is 1. The zero-order valence-corrected chi connectivity index (χ0v) is 26.1. The highest BCUT2D eigenvalue weighted by Gasteiger charge is 2.30. The second kappa shape index (κ2) is 12.1. The van der Waals surface area contributed by atoms with Gasteiger partial charge in [0.05, 0.1) is 17.6 Å². The van der Waals surface area contributed by atoms with E-state index in [-0.39, 0.29) is 23.1 Å². The van der Waals surface area contributed by atoms with E-state index in [0.29, 0.717) is 43.2 Å². The SMILES string of the molecule is Cc1ccc(-n2nc(C(C)(C)C)cc2N(OS(C)(=O)=O)C(=O)Nc2ccc(N3CCN(C(=O)C(C)C)CC3)cc2)cc1. The predicted octanol–water partition coefficient (Wildman–Crippen LogP) is 4.71. The molecule has 2 aromatic carbocycles. The number of hydrogen-bond donors (Lipinski definition) is 1. The Labute approximate surface area is 248 Å². The maximum absolute atomic E-state index is 13.6. The summed E-state index contributed by atoms with van der Waals surface area (Å²) in [6.45, 7) is 14.4. The molecule has 4 rings (SSSR count). The van der Waals surface area contributed by atoms with Gasteiger partial charge in [-0.2, -0.15) is 13.5 Å². The van der Waals surface area contributed by atoms with Gasteiger partial charge in [-0.1, -0.05) is 52.3 Å². The van der Waals surface area contributed by atoms with Crippen molar-refractivity contribution in [1.29, 1.82) is 0 Å². The zero-order chi connectivity index (χ0) is 30.8. The molecule has 1 aromatic heterocycles. The molecule has 0 bridgehead atoms. The van der Waals surface area contributed by atoms with Gasteiger partial charge < -0.3 is 15.1 Å². The smallest absolute Gasteiger partial charge is 0.353 e. The molecule has 0 spiro atoms. The summed E-state index contributed by atoms with van der Waals surface area (Å²) in [6.07, 6.45) is 0.883. The number of rotatable bonds is 7. The van der Waals surface area contributed by atoms with Crippen molar-refractivity contribution in [1.82, 2.24) is 14.7 Å². The van der Waals surface area contributed by atoms with E-state index in [9.17, 15) is 18.0 Å². The number of aryl methyl sites for hydroxylation is 1. The van der Waals surface area contributed by atoms with Crippen LogP contribution in [0.25, 0.3) is 5.69 Å². The number of piperazine rings is 1. The second-order valence-corrected chi connectivity index (χ2v) is 13.5. The number of carbonyl (C=O) groups excluding carboxylic acids is 2. The Hall–Kier alpha value is -3.90. The zero-order valence-electron chi connectivity index (χ0n) is 25.3. The number of aromatic nitrogens is 2. The first-order chi connectivity index (χ1) is 19.6. The predicted molar refractivity (Wildman–Crippen MR) is 165 cm³/mol. The Morgan fingerprint density at radius 2 is 1.52 bits per heavy atom. The van der Waals surface area contributed by atoms with Gasteiger partial charge in [0.15, 0.2) is 5.82 Å². The van der Waals surface area contributed by atoms with Gasteiger partial charge in [-0.05, 0) is 43.3 Å². The lowest BCUT2D eigenvalue weighted by Gasteiger charge is -2.37. The molecule has 0 radical (unpaired) electrons. The van der Waals surface area contributed by atoms with Gasteiger partial charge in [-0.25, -0.2) is 9.48 Å². The average Bonchev–Trinajstić information content (AvgIpc) is 3.38. The number of hydrogen-bond acceptors (Lipinski definition) is 7. The maximum atomic E-state index is 13.6. The number of nitrogens with zero attached hydrogens (tertiary/aromatic N) is 5. The third-order valence-electron chi connectivity index (χ3n) is 6.91. The fourth-order valence-corrected chi connectivity index (χ4v) is 4.96. The van der Waals surface area contributed by atoms with Crippen LogP contribution in [0.15, 0.2) is 54.6 Å². The quantitative estimate of drug-likeness (QED) is 0.393. The van der Waals surface area contributed by atoms with Gasteiger partial charge in [0, 0.05) is 55.0 Å². The molecule has 0 unspecified atom stereocenters. The van der Waals surface area contributed by atoms with Crippen LogP contribution in [0.1, 0.15) is 45.9 Å². The summed E-state index contributed by atoms with van der Waals surface area (Å²) >= 11 is 0. The lowest BCUT2D eigenvalue weighted by atomic mass is 9.92. The number of carbonyl (C=O) groups is 2. The van der Waals surface area contributed by atoms with Crippen molar-refractivity contribution in [3.8, 4) is 5.69 Å². The summed E-state index contributed by atoms with van der Waals surface area (Å²) in [5.74, 6) is 0.269. The molecule has 1 saturated heterocycles. The van der Waals surface area contributed by atoms with Gasteiger partial charge in [0.1, 0.15) is 0 Å². The van der Waals surface area contributed by atoms with Crippen LogP contribution in [-0.4, -0.2) is 67.5 Å². The van der Waals surface area contributed by atoms with Crippen LogP contribution in [0.4, 0.5) is 22.0 Å². The molecule has 1 fully saturated rings. The fraction of sp³-hybridized carbons (Fsp3) is 0.433. The number of amides is 3. The van der Waals surface area contributed by atoms with Crippen LogP contribution < -0.4 is 15.3 Å². The molecule has 0 aliphatic carbocycles. The highest BCUT2D eigenvalue weighted by Crippen LogP contribution is 2.30. The molecule has 42 heavy (non-hydrogen) atoms. The molecule has 2 heterocycles. The average molecular weight is 597 g/mol. The highest BCUT2D eigenvalue weighted by molar-refractivity contribution is 7.86. The van der Waals surface area contributed by atoms with E-state index >= 15 is 0 Å². The van der Waals surface area contributed by atoms with Crippen molar-refractivity contribution in [2.24, 2.45) is 5.92 Å². The lowest BCUT2D eigenvalue weighted by molar-refractivity contribution is -0.134. The summed E-state index contributed by atoms with van der Waals surface area (Å²) in [7, 11) is -4.09. The Kier molecular flexibility index (Phi) is 8.98. The monoisotopic (exact) mass is 596 g/mol. The molecule has 1 aliphatic heterocycles. The van der Waals surface area contributed by atoms with Crippen molar-refractivity contribution >= 4 is 39.2 Å². The molecule has 1 N–H and O–H groups in total. The van der Waals surface area contributed by atoms with Gasteiger partial charge in [0.2, 0.25) is 5.91 Å². The molecule has 11 nitrogen and oxygen atoms in total. The number of anilines is 3. The van der Waals surface area contributed by atoms with Crippen molar-refractivity contribution in [2.75, 3.05) is 47.7 Å². The lowest BCUT2D eigenvalue weighted by Crippen LogP contribution is -2.49. The van der Waals surface area contributed by atoms with Crippen molar-refractivity contribution in [3.05, 3.63) is 65.9 Å². The normalized spacial score (nSPS) is 14.3. The largest absolute Gasteiger partial charge is 0.368 e. The standard InChI is InChI=1S/C30H40N6O5S/c1-21(2)28(37)34-18-16-33(17-19-34)24-14-10-23(11-15-24)31-29(38)36(41-42(7,39)40)27-20-26(30(4,5)6)32-35(27)25-12-8-22(3)9-13-25/h8-15,20-21H,16-19H2,1-7H3,(H,31,38). The summed E-state index contributed by atoms with van der Waals surface area (Å²) in [5.41, 5.74) is 3.35. The van der Waals surface area contributed by atoms with Gasteiger partial charge in [0.25, 0.3) is 10.1 Å². The van der Waals surface area contributed by atoms with Crippen molar-refractivity contribution < 1.29 is 22.3 Å². The van der Waals surface area contributed by atoms with E-state index in [4.69, 9.17) is 9.38 Å². The molecule has 0 atom stereocenters. The van der Waals surface area contributed by atoms with Crippen LogP contribution in [-0.2, 0) is 24.6 Å². The van der Waals surface area contributed by atoms with E-state index in [1.54, 1.807) is 18.2 Å². The third kappa shape index (κ3) is 7.48. The van der Waals surface area contributed by atoms with Crippen molar-refractivity contribution in [2.45, 2.75) is 47.0 Å². The third-order valence-corrected chi connectivity index (χ3v) is 7.33. The number of benzene rings is 2. The molecule has 1 aliphatic rings. The number of nitrogens with one attached hydrogen (secondary N) is 1. The second-order valence-electron chi connectivity index (χ2n) is 11.9. The summed E-state index contributed by atoms with van der Waals surface area (Å²) < 4.78 is 31.3. The van der Waals surface area contributed by atoms with E-state index in [1.807, 2.05) is 82.8 Å².